The van der Waals surface area contributed by atoms with Gasteiger partial charge in [0.05, 0.1) is 6.54 Å². The lowest BCUT2D eigenvalue weighted by molar-refractivity contribution is 0.299. The van der Waals surface area contributed by atoms with Gasteiger partial charge in [-0.15, -0.1) is 24.8 Å². The van der Waals surface area contributed by atoms with E-state index in [9.17, 15) is 4.39 Å². The monoisotopic (exact) mass is 351 g/mol. The second-order valence-corrected chi connectivity index (χ2v) is 6.02. The highest BCUT2D eigenvalue weighted by atomic mass is 35.5. The molecule has 2 heterocycles. The lowest BCUT2D eigenvalue weighted by Gasteiger charge is -2.19. The normalized spacial score (nSPS) is 20.6. The van der Waals surface area contributed by atoms with Gasteiger partial charge in [0, 0.05) is 31.1 Å². The molecule has 3 nitrogen and oxygen atoms in total. The number of hydrogen-bond acceptors (Lipinski definition) is 4. The summed E-state index contributed by atoms with van der Waals surface area (Å²) < 4.78 is 13.0. The molecule has 1 N–H and O–H groups in total. The smallest absolute Gasteiger partial charge is 0.161 e. The van der Waals surface area contributed by atoms with Gasteiger partial charge in [-0.1, -0.05) is 30.0 Å². The molecule has 2 aliphatic heterocycles. The SMILES string of the molecule is Cl.Cl.FC1CCN(CCSC2=NCc3ccccc3N2)C1. The number of thioether (sulfide) groups is 1. The number of nitrogens with zero attached hydrogens (tertiary/aromatic N) is 2. The second kappa shape index (κ2) is 8.83. The fourth-order valence-electron chi connectivity index (χ4n) is 2.43. The van der Waals surface area contributed by atoms with Crippen molar-refractivity contribution in [1.29, 1.82) is 0 Å². The third-order valence-electron chi connectivity index (χ3n) is 3.51. The Hall–Kier alpha value is -0.490. The molecule has 1 fully saturated rings. The van der Waals surface area contributed by atoms with Gasteiger partial charge >= 0.3 is 0 Å². The number of benzene rings is 1. The number of para-hydroxylation sites is 1. The van der Waals surface area contributed by atoms with Gasteiger partial charge < -0.3 is 5.32 Å². The molecule has 1 atom stereocenters. The number of halogens is 3. The Bertz CT molecular complexity index is 487. The van der Waals surface area contributed by atoms with Crippen LogP contribution in [0.2, 0.25) is 0 Å². The van der Waals surface area contributed by atoms with E-state index in [1.54, 1.807) is 11.8 Å². The van der Waals surface area contributed by atoms with E-state index in [0.29, 0.717) is 13.0 Å². The van der Waals surface area contributed by atoms with Crippen LogP contribution in [-0.4, -0.2) is 41.6 Å². The minimum Gasteiger partial charge on any atom is -0.335 e. The molecule has 3 rings (SSSR count). The van der Waals surface area contributed by atoms with Crippen LogP contribution in [0.5, 0.6) is 0 Å². The zero-order valence-electron chi connectivity index (χ0n) is 11.6. The van der Waals surface area contributed by atoms with Crippen LogP contribution in [0.4, 0.5) is 10.1 Å². The molecule has 1 aromatic rings. The molecule has 0 amide bonds. The standard InChI is InChI=1S/C14H18FN3S.2ClH/c15-12-5-6-18(10-12)7-8-19-14-16-9-11-3-1-2-4-13(11)17-14;;/h1-4,12H,5-10H2,(H,16,17);2*1H. The van der Waals surface area contributed by atoms with Crippen LogP contribution in [0, 0.1) is 0 Å². The Labute approximate surface area is 141 Å². The highest BCUT2D eigenvalue weighted by molar-refractivity contribution is 8.14. The number of likely N-dealkylation sites (tertiary alicyclic amines) is 1. The fraction of sp³-hybridized carbons (Fsp3) is 0.500. The summed E-state index contributed by atoms with van der Waals surface area (Å²) in [5.74, 6) is 0.959. The van der Waals surface area contributed by atoms with Gasteiger partial charge in [-0.3, -0.25) is 9.89 Å². The summed E-state index contributed by atoms with van der Waals surface area (Å²) in [5, 5.41) is 4.33. The molecular formula is C14H20Cl2FN3S. The van der Waals surface area contributed by atoms with Crippen LogP contribution in [-0.2, 0) is 6.54 Å². The molecule has 1 unspecified atom stereocenters. The van der Waals surface area contributed by atoms with Crippen LogP contribution in [0.3, 0.4) is 0 Å². The summed E-state index contributed by atoms with van der Waals surface area (Å²) in [6, 6.07) is 8.25. The molecule has 0 spiro atoms. The Kier molecular flexibility index (Phi) is 7.81. The maximum absolute atomic E-state index is 13.0. The quantitative estimate of drug-likeness (QED) is 0.901. The average molecular weight is 352 g/mol. The summed E-state index contributed by atoms with van der Waals surface area (Å²) >= 11 is 1.72. The highest BCUT2D eigenvalue weighted by Crippen LogP contribution is 2.23. The number of hydrogen-bond donors (Lipinski definition) is 1. The predicted octanol–water partition coefficient (Wildman–Crippen LogP) is 3.59. The zero-order chi connectivity index (χ0) is 13.1. The summed E-state index contributed by atoms with van der Waals surface area (Å²) in [6.45, 7) is 3.18. The first-order chi connectivity index (χ1) is 9.31. The molecule has 21 heavy (non-hydrogen) atoms. The highest BCUT2D eigenvalue weighted by Gasteiger charge is 2.21. The van der Waals surface area contributed by atoms with Crippen molar-refractivity contribution >= 4 is 47.4 Å². The van der Waals surface area contributed by atoms with Gasteiger partial charge in [0.25, 0.3) is 0 Å². The molecular weight excluding hydrogens is 332 g/mol. The Morgan fingerprint density at radius 3 is 2.90 bits per heavy atom. The van der Waals surface area contributed by atoms with Crippen molar-refractivity contribution in [3.05, 3.63) is 29.8 Å². The molecule has 1 saturated heterocycles. The number of amidine groups is 1. The van der Waals surface area contributed by atoms with E-state index in [-0.39, 0.29) is 24.8 Å². The minimum absolute atomic E-state index is 0. The zero-order valence-corrected chi connectivity index (χ0v) is 14.1. The Balaban J connectivity index is 0.00000110. The van der Waals surface area contributed by atoms with Gasteiger partial charge in [-0.2, -0.15) is 0 Å². The first-order valence-corrected chi connectivity index (χ1v) is 7.68. The maximum Gasteiger partial charge on any atom is 0.161 e. The first-order valence-electron chi connectivity index (χ1n) is 6.70. The van der Waals surface area contributed by atoms with Crippen LogP contribution < -0.4 is 5.32 Å². The van der Waals surface area contributed by atoms with Crippen LogP contribution >= 0.6 is 36.6 Å². The number of anilines is 1. The predicted molar refractivity (Wildman–Crippen MR) is 94.1 cm³/mol. The van der Waals surface area contributed by atoms with Crippen molar-refractivity contribution < 1.29 is 4.39 Å². The molecule has 0 aliphatic carbocycles. The van der Waals surface area contributed by atoms with E-state index < -0.39 is 6.17 Å². The van der Waals surface area contributed by atoms with Gasteiger partial charge in [0.2, 0.25) is 0 Å². The van der Waals surface area contributed by atoms with E-state index in [1.165, 1.54) is 5.56 Å². The van der Waals surface area contributed by atoms with Crippen molar-refractivity contribution in [1.82, 2.24) is 4.90 Å². The van der Waals surface area contributed by atoms with Crippen molar-refractivity contribution in [3.63, 3.8) is 0 Å². The molecule has 0 saturated carbocycles. The largest absolute Gasteiger partial charge is 0.335 e. The Morgan fingerprint density at radius 2 is 2.14 bits per heavy atom. The molecule has 2 aliphatic rings. The van der Waals surface area contributed by atoms with E-state index in [0.717, 1.165) is 36.2 Å². The molecule has 0 radical (unpaired) electrons. The summed E-state index contributed by atoms with van der Waals surface area (Å²) in [6.07, 6.45) is 0.0686. The van der Waals surface area contributed by atoms with E-state index in [2.05, 4.69) is 27.3 Å². The van der Waals surface area contributed by atoms with Gasteiger partial charge in [0.1, 0.15) is 6.17 Å². The molecule has 7 heteroatoms. The number of rotatable bonds is 3. The molecule has 1 aromatic carbocycles. The van der Waals surface area contributed by atoms with Crippen LogP contribution in [0.1, 0.15) is 12.0 Å². The van der Waals surface area contributed by atoms with Crippen molar-refractivity contribution in [2.45, 2.75) is 19.1 Å². The van der Waals surface area contributed by atoms with Crippen molar-refractivity contribution in [2.75, 3.05) is 30.7 Å². The third kappa shape index (κ3) is 5.02. The maximum atomic E-state index is 13.0. The van der Waals surface area contributed by atoms with Gasteiger partial charge in [-0.25, -0.2) is 4.39 Å². The second-order valence-electron chi connectivity index (χ2n) is 4.94. The topological polar surface area (TPSA) is 27.6 Å². The van der Waals surface area contributed by atoms with Gasteiger partial charge in [0.15, 0.2) is 5.17 Å². The number of fused-ring (bicyclic) bond motifs is 1. The number of nitrogens with one attached hydrogen (secondary N) is 1. The first kappa shape index (κ1) is 18.6. The summed E-state index contributed by atoms with van der Waals surface area (Å²) in [4.78, 5) is 6.72. The van der Waals surface area contributed by atoms with Crippen LogP contribution in [0.25, 0.3) is 0 Å². The van der Waals surface area contributed by atoms with E-state index in [1.807, 2.05) is 12.1 Å². The molecule has 118 valence electrons. The van der Waals surface area contributed by atoms with Crippen LogP contribution in [0.15, 0.2) is 29.3 Å². The summed E-state index contributed by atoms with van der Waals surface area (Å²) in [5.41, 5.74) is 2.40. The lowest BCUT2D eigenvalue weighted by atomic mass is 10.1. The van der Waals surface area contributed by atoms with Gasteiger partial charge in [-0.05, 0) is 18.1 Å². The summed E-state index contributed by atoms with van der Waals surface area (Å²) in [7, 11) is 0. The fourth-order valence-corrected chi connectivity index (χ4v) is 3.31. The minimum atomic E-state index is -0.623. The number of aliphatic imine (C=N–C) groups is 1. The lowest BCUT2D eigenvalue weighted by Crippen LogP contribution is -2.25. The molecule has 0 bridgehead atoms. The Morgan fingerprint density at radius 1 is 1.33 bits per heavy atom. The van der Waals surface area contributed by atoms with E-state index >= 15 is 0 Å². The molecule has 0 aromatic heterocycles. The number of alkyl halides is 1. The van der Waals surface area contributed by atoms with E-state index in [4.69, 9.17) is 0 Å². The van der Waals surface area contributed by atoms with Crippen molar-refractivity contribution in [2.24, 2.45) is 4.99 Å². The average Bonchev–Trinajstić information content (AvgIpc) is 2.84. The van der Waals surface area contributed by atoms with Crippen molar-refractivity contribution in [3.8, 4) is 0 Å². The third-order valence-corrected chi connectivity index (χ3v) is 4.40.